The van der Waals surface area contributed by atoms with Crippen LogP contribution in [-0.4, -0.2) is 34.6 Å². The van der Waals surface area contributed by atoms with Crippen molar-refractivity contribution >= 4 is 34.9 Å². The van der Waals surface area contributed by atoms with Crippen molar-refractivity contribution in [3.05, 3.63) is 30.3 Å². The lowest BCUT2D eigenvalue weighted by atomic mass is 10.4. The van der Waals surface area contributed by atoms with Crippen LogP contribution in [0.1, 0.15) is 13.3 Å². The molecule has 0 radical (unpaired) electrons. The van der Waals surface area contributed by atoms with Crippen molar-refractivity contribution in [2.45, 2.75) is 18.2 Å². The number of hydrogen-bond acceptors (Lipinski definition) is 3. The van der Waals surface area contributed by atoms with Gasteiger partial charge in [-0.2, -0.15) is 0 Å². The van der Waals surface area contributed by atoms with Gasteiger partial charge in [0.2, 0.25) is 5.91 Å². The molecule has 0 heterocycles. The maximum absolute atomic E-state index is 12.0. The van der Waals surface area contributed by atoms with E-state index in [1.165, 1.54) is 11.8 Å². The molecule has 0 saturated carbocycles. The molecule has 0 aliphatic heterocycles. The Morgan fingerprint density at radius 2 is 2.06 bits per heavy atom. The van der Waals surface area contributed by atoms with Crippen LogP contribution in [0.5, 0.6) is 0 Å². The van der Waals surface area contributed by atoms with Gasteiger partial charge in [0.15, 0.2) is 0 Å². The normalized spacial score (nSPS) is 10.1. The summed E-state index contributed by atoms with van der Waals surface area (Å²) in [6.45, 7) is 3.10. The van der Waals surface area contributed by atoms with Crippen LogP contribution in [0, 0.1) is 0 Å². The lowest BCUT2D eigenvalue weighted by Crippen LogP contribution is -2.39. The van der Waals surface area contributed by atoms with Crippen LogP contribution >= 0.6 is 24.0 Å². The molecule has 1 rings (SSSR count). The highest BCUT2D eigenvalue weighted by Crippen LogP contribution is 2.17. The molecular formula is C13H18N2OS2. The topological polar surface area (TPSA) is 46.3 Å². The standard InChI is InChI=1S/C13H18N2OS2/c1-2-8-15(9-12(14)17)13(16)10-18-11-6-4-3-5-7-11/h3-7H,2,8-10H2,1H3,(H2,14,17). The number of thioether (sulfide) groups is 1. The van der Waals surface area contributed by atoms with Crippen molar-refractivity contribution in [2.24, 2.45) is 5.73 Å². The van der Waals surface area contributed by atoms with Gasteiger partial charge in [-0.05, 0) is 18.6 Å². The molecule has 0 aromatic heterocycles. The Kier molecular flexibility index (Phi) is 6.75. The highest BCUT2D eigenvalue weighted by Gasteiger charge is 2.13. The second-order valence-electron chi connectivity index (χ2n) is 3.88. The number of thiocarbonyl (C=S) groups is 1. The van der Waals surface area contributed by atoms with Crippen LogP contribution in [0.2, 0.25) is 0 Å². The number of rotatable bonds is 7. The molecule has 98 valence electrons. The number of nitrogens with zero attached hydrogens (tertiary/aromatic N) is 1. The number of carbonyl (C=O) groups is 1. The monoisotopic (exact) mass is 282 g/mol. The number of hydrogen-bond donors (Lipinski definition) is 1. The van der Waals surface area contributed by atoms with Crippen molar-refractivity contribution < 1.29 is 4.79 Å². The highest BCUT2D eigenvalue weighted by molar-refractivity contribution is 8.00. The lowest BCUT2D eigenvalue weighted by Gasteiger charge is -2.21. The lowest BCUT2D eigenvalue weighted by molar-refractivity contribution is -0.127. The van der Waals surface area contributed by atoms with E-state index in [1.54, 1.807) is 4.90 Å². The molecule has 3 nitrogen and oxygen atoms in total. The van der Waals surface area contributed by atoms with Crippen LogP contribution in [0.15, 0.2) is 35.2 Å². The Morgan fingerprint density at radius 3 is 2.61 bits per heavy atom. The first-order valence-corrected chi connectivity index (χ1v) is 7.26. The largest absolute Gasteiger partial charge is 0.392 e. The van der Waals surface area contributed by atoms with Gasteiger partial charge in [0.05, 0.1) is 17.3 Å². The van der Waals surface area contributed by atoms with E-state index in [-0.39, 0.29) is 5.91 Å². The molecular weight excluding hydrogens is 264 g/mol. The predicted octanol–water partition coefficient (Wildman–Crippen LogP) is 2.30. The Morgan fingerprint density at radius 1 is 1.39 bits per heavy atom. The van der Waals surface area contributed by atoms with E-state index in [0.29, 0.717) is 23.8 Å². The zero-order valence-electron chi connectivity index (χ0n) is 10.5. The maximum atomic E-state index is 12.0. The average Bonchev–Trinajstić information content (AvgIpc) is 2.36. The molecule has 0 unspecified atom stereocenters. The summed E-state index contributed by atoms with van der Waals surface area (Å²) in [5.74, 6) is 0.505. The SMILES string of the molecule is CCCN(CC(N)=S)C(=O)CSc1ccccc1. The second-order valence-corrected chi connectivity index (χ2v) is 5.46. The average molecular weight is 282 g/mol. The third-order valence-electron chi connectivity index (χ3n) is 2.30. The van der Waals surface area contributed by atoms with E-state index in [2.05, 4.69) is 0 Å². The molecule has 5 heteroatoms. The molecule has 0 spiro atoms. The van der Waals surface area contributed by atoms with Gasteiger partial charge in [-0.15, -0.1) is 11.8 Å². The molecule has 0 aliphatic carbocycles. The molecule has 0 atom stereocenters. The van der Waals surface area contributed by atoms with Gasteiger partial charge < -0.3 is 10.6 Å². The summed E-state index contributed by atoms with van der Waals surface area (Å²) in [4.78, 5) is 15.2. The summed E-state index contributed by atoms with van der Waals surface area (Å²) in [7, 11) is 0. The van der Waals surface area contributed by atoms with Crippen LogP contribution in [0.4, 0.5) is 0 Å². The minimum atomic E-state index is 0.0819. The van der Waals surface area contributed by atoms with E-state index in [4.69, 9.17) is 18.0 Å². The Balaban J connectivity index is 2.48. The third-order valence-corrected chi connectivity index (χ3v) is 3.42. The molecule has 18 heavy (non-hydrogen) atoms. The molecule has 0 aliphatic rings. The number of benzene rings is 1. The van der Waals surface area contributed by atoms with Crippen LogP contribution in [0.3, 0.4) is 0 Å². The van der Waals surface area contributed by atoms with Gasteiger partial charge >= 0.3 is 0 Å². The van der Waals surface area contributed by atoms with E-state index >= 15 is 0 Å². The van der Waals surface area contributed by atoms with Crippen molar-refractivity contribution in [1.82, 2.24) is 4.90 Å². The van der Waals surface area contributed by atoms with Crippen molar-refractivity contribution in [3.63, 3.8) is 0 Å². The molecule has 0 saturated heterocycles. The van der Waals surface area contributed by atoms with E-state index in [1.807, 2.05) is 37.3 Å². The first kappa shape index (κ1) is 15.0. The van der Waals surface area contributed by atoms with Crippen LogP contribution < -0.4 is 5.73 Å². The molecule has 1 amide bonds. The van der Waals surface area contributed by atoms with Crippen LogP contribution in [0.25, 0.3) is 0 Å². The van der Waals surface area contributed by atoms with Crippen molar-refractivity contribution in [2.75, 3.05) is 18.8 Å². The predicted molar refractivity (Wildman–Crippen MR) is 80.8 cm³/mol. The number of carbonyl (C=O) groups excluding carboxylic acids is 1. The number of amides is 1. The Bertz CT molecular complexity index is 395. The van der Waals surface area contributed by atoms with Gasteiger partial charge in [-0.3, -0.25) is 4.79 Å². The van der Waals surface area contributed by atoms with E-state index < -0.39 is 0 Å². The summed E-state index contributed by atoms with van der Waals surface area (Å²) in [6.07, 6.45) is 0.907. The quantitative estimate of drug-likeness (QED) is 0.616. The van der Waals surface area contributed by atoms with Gasteiger partial charge in [-0.1, -0.05) is 37.3 Å². The summed E-state index contributed by atoms with van der Waals surface area (Å²) in [6, 6.07) is 9.88. The zero-order chi connectivity index (χ0) is 13.4. The molecule has 2 N–H and O–H groups in total. The summed E-state index contributed by atoms with van der Waals surface area (Å²) in [5.41, 5.74) is 5.50. The summed E-state index contributed by atoms with van der Waals surface area (Å²) >= 11 is 6.39. The van der Waals surface area contributed by atoms with Gasteiger partial charge in [0, 0.05) is 11.4 Å². The smallest absolute Gasteiger partial charge is 0.233 e. The first-order valence-electron chi connectivity index (χ1n) is 5.87. The minimum Gasteiger partial charge on any atom is -0.392 e. The zero-order valence-corrected chi connectivity index (χ0v) is 12.1. The molecule has 0 bridgehead atoms. The van der Waals surface area contributed by atoms with Crippen molar-refractivity contribution in [3.8, 4) is 0 Å². The summed E-state index contributed by atoms with van der Waals surface area (Å²) < 4.78 is 0. The van der Waals surface area contributed by atoms with Crippen molar-refractivity contribution in [1.29, 1.82) is 0 Å². The number of nitrogens with two attached hydrogens (primary N) is 1. The Labute approximate surface area is 118 Å². The fourth-order valence-electron chi connectivity index (χ4n) is 1.50. The fraction of sp³-hybridized carbons (Fsp3) is 0.385. The van der Waals surface area contributed by atoms with Gasteiger partial charge in [0.25, 0.3) is 0 Å². The molecule has 1 aromatic carbocycles. The molecule has 1 aromatic rings. The second kappa shape index (κ2) is 8.11. The maximum Gasteiger partial charge on any atom is 0.233 e. The Hall–Kier alpha value is -1.07. The minimum absolute atomic E-state index is 0.0819. The van der Waals surface area contributed by atoms with Gasteiger partial charge in [-0.25, -0.2) is 0 Å². The molecule has 0 fully saturated rings. The van der Waals surface area contributed by atoms with Crippen LogP contribution in [-0.2, 0) is 4.79 Å². The van der Waals surface area contributed by atoms with E-state index in [0.717, 1.165) is 11.3 Å². The summed E-state index contributed by atoms with van der Waals surface area (Å²) in [5, 5.41) is 0. The van der Waals surface area contributed by atoms with E-state index in [9.17, 15) is 4.79 Å². The fourth-order valence-corrected chi connectivity index (χ4v) is 2.48. The first-order chi connectivity index (χ1) is 8.63. The third kappa shape index (κ3) is 5.51. The highest BCUT2D eigenvalue weighted by atomic mass is 32.2. The van der Waals surface area contributed by atoms with Gasteiger partial charge in [0.1, 0.15) is 0 Å².